The highest BCUT2D eigenvalue weighted by molar-refractivity contribution is 7.92. The van der Waals surface area contributed by atoms with Gasteiger partial charge in [0.05, 0.1) is 29.2 Å². The number of carbonyl (C=O) groups is 2. The molecule has 0 atom stereocenters. The Hall–Kier alpha value is -3.65. The van der Waals surface area contributed by atoms with Crippen LogP contribution in [0.3, 0.4) is 0 Å². The molecule has 1 amide bonds. The number of unbranched alkanes of at least 4 members (excludes halogenated alkanes) is 1. The first-order chi connectivity index (χ1) is 16.3. The summed E-state index contributed by atoms with van der Waals surface area (Å²) in [6.07, 6.45) is 1.89. The quantitative estimate of drug-likeness (QED) is 0.337. The van der Waals surface area contributed by atoms with Crippen molar-refractivity contribution in [3.05, 3.63) is 90.0 Å². The summed E-state index contributed by atoms with van der Waals surface area (Å²) in [4.78, 5) is 24.6. The Balaban J connectivity index is 1.57. The molecule has 0 aliphatic heterocycles. The molecule has 0 radical (unpaired) electrons. The van der Waals surface area contributed by atoms with Crippen LogP contribution in [0.4, 0.5) is 11.4 Å². The first-order valence-electron chi connectivity index (χ1n) is 11.0. The van der Waals surface area contributed by atoms with E-state index in [1.165, 1.54) is 11.4 Å². The minimum absolute atomic E-state index is 0.121. The lowest BCUT2D eigenvalue weighted by atomic mass is 10.1. The molecule has 178 valence electrons. The van der Waals surface area contributed by atoms with Gasteiger partial charge in [-0.1, -0.05) is 43.7 Å². The summed E-state index contributed by atoms with van der Waals surface area (Å²) in [5.74, 6) is -0.609. The molecule has 0 saturated carbocycles. The molecule has 0 saturated heterocycles. The Morgan fingerprint density at radius 2 is 1.56 bits per heavy atom. The third-order valence-corrected chi connectivity index (χ3v) is 7.00. The minimum Gasteiger partial charge on any atom is -0.462 e. The van der Waals surface area contributed by atoms with Crippen molar-refractivity contribution in [2.24, 2.45) is 0 Å². The second-order valence-corrected chi connectivity index (χ2v) is 9.71. The van der Waals surface area contributed by atoms with Crippen LogP contribution in [-0.2, 0) is 26.0 Å². The molecule has 0 fully saturated rings. The maximum absolute atomic E-state index is 12.8. The van der Waals surface area contributed by atoms with Crippen molar-refractivity contribution in [2.75, 3.05) is 23.3 Å². The van der Waals surface area contributed by atoms with E-state index in [9.17, 15) is 18.0 Å². The Bertz CT molecular complexity index is 1210. The van der Waals surface area contributed by atoms with E-state index in [0.717, 1.165) is 18.4 Å². The smallest absolute Gasteiger partial charge is 0.338 e. The number of sulfonamides is 1. The highest BCUT2D eigenvalue weighted by atomic mass is 32.2. The van der Waals surface area contributed by atoms with E-state index in [4.69, 9.17) is 4.74 Å². The highest BCUT2D eigenvalue weighted by Gasteiger charge is 2.20. The zero-order chi connectivity index (χ0) is 24.6. The van der Waals surface area contributed by atoms with Crippen molar-refractivity contribution in [1.82, 2.24) is 0 Å². The van der Waals surface area contributed by atoms with Gasteiger partial charge in [0.25, 0.3) is 10.0 Å². The second kappa shape index (κ2) is 11.5. The van der Waals surface area contributed by atoms with E-state index in [2.05, 4.69) is 5.32 Å². The number of carbonyl (C=O) groups excluding carboxylic acids is 2. The normalized spacial score (nSPS) is 11.0. The SMILES string of the molecule is CCCCOC(=O)c1ccc(NC(=O)Cc2ccc(N(C)S(=O)(=O)c3ccccc3)cc2)cc1. The molecule has 0 spiro atoms. The van der Waals surface area contributed by atoms with Crippen molar-refractivity contribution < 1.29 is 22.7 Å². The zero-order valence-corrected chi connectivity index (χ0v) is 20.0. The van der Waals surface area contributed by atoms with Gasteiger partial charge in [0.1, 0.15) is 0 Å². The van der Waals surface area contributed by atoms with Crippen LogP contribution in [0.2, 0.25) is 0 Å². The van der Waals surface area contributed by atoms with Gasteiger partial charge in [-0.3, -0.25) is 9.10 Å². The second-order valence-electron chi connectivity index (χ2n) is 7.74. The van der Waals surface area contributed by atoms with Gasteiger partial charge in [-0.15, -0.1) is 0 Å². The molecule has 0 unspecified atom stereocenters. The Kier molecular flexibility index (Phi) is 8.43. The molecule has 0 bridgehead atoms. The van der Waals surface area contributed by atoms with Crippen molar-refractivity contribution in [3.63, 3.8) is 0 Å². The van der Waals surface area contributed by atoms with E-state index in [0.29, 0.717) is 23.5 Å². The van der Waals surface area contributed by atoms with E-state index in [1.807, 2.05) is 6.92 Å². The number of hydrogen-bond donors (Lipinski definition) is 1. The number of benzene rings is 3. The summed E-state index contributed by atoms with van der Waals surface area (Å²) in [5, 5.41) is 2.79. The fourth-order valence-electron chi connectivity index (χ4n) is 3.19. The van der Waals surface area contributed by atoms with Crippen molar-refractivity contribution >= 4 is 33.3 Å². The molecule has 0 aliphatic carbocycles. The van der Waals surface area contributed by atoms with Crippen LogP contribution in [0.25, 0.3) is 0 Å². The third kappa shape index (κ3) is 6.45. The number of rotatable bonds is 10. The number of nitrogens with zero attached hydrogens (tertiary/aromatic N) is 1. The van der Waals surface area contributed by atoms with E-state index in [1.54, 1.807) is 78.9 Å². The monoisotopic (exact) mass is 480 g/mol. The Morgan fingerprint density at radius 3 is 2.18 bits per heavy atom. The van der Waals surface area contributed by atoms with Gasteiger partial charge < -0.3 is 10.1 Å². The topological polar surface area (TPSA) is 92.8 Å². The Morgan fingerprint density at radius 1 is 0.912 bits per heavy atom. The Labute approximate surface area is 200 Å². The van der Waals surface area contributed by atoms with Crippen LogP contribution in [0, 0.1) is 0 Å². The third-order valence-electron chi connectivity index (χ3n) is 5.20. The van der Waals surface area contributed by atoms with Crippen molar-refractivity contribution in [1.29, 1.82) is 0 Å². The lowest BCUT2D eigenvalue weighted by Gasteiger charge is -2.19. The number of hydrogen-bond acceptors (Lipinski definition) is 5. The van der Waals surface area contributed by atoms with Gasteiger partial charge in [0, 0.05) is 12.7 Å². The first kappa shape index (κ1) is 25.0. The molecule has 1 N–H and O–H groups in total. The zero-order valence-electron chi connectivity index (χ0n) is 19.2. The van der Waals surface area contributed by atoms with Crippen LogP contribution < -0.4 is 9.62 Å². The molecule has 3 aromatic rings. The molecule has 34 heavy (non-hydrogen) atoms. The number of amides is 1. The standard InChI is InChI=1S/C26H28N2O5S/c1-3-4-18-33-26(30)21-12-14-22(15-13-21)27-25(29)19-20-10-16-23(17-11-20)28(2)34(31,32)24-8-6-5-7-9-24/h5-17H,3-4,18-19H2,1-2H3,(H,27,29). The summed E-state index contributed by atoms with van der Waals surface area (Å²) in [5.41, 5.74) is 2.23. The predicted molar refractivity (Wildman–Crippen MR) is 132 cm³/mol. The van der Waals surface area contributed by atoms with Crippen LogP contribution in [0.5, 0.6) is 0 Å². The number of anilines is 2. The van der Waals surface area contributed by atoms with Crippen molar-refractivity contribution in [3.8, 4) is 0 Å². The maximum Gasteiger partial charge on any atom is 0.338 e. The minimum atomic E-state index is -3.66. The largest absolute Gasteiger partial charge is 0.462 e. The molecule has 3 rings (SSSR count). The number of esters is 1. The van der Waals surface area contributed by atoms with Crippen LogP contribution in [-0.4, -0.2) is 33.9 Å². The van der Waals surface area contributed by atoms with Gasteiger partial charge in [0.15, 0.2) is 0 Å². The van der Waals surface area contributed by atoms with Crippen LogP contribution in [0.15, 0.2) is 83.8 Å². The van der Waals surface area contributed by atoms with Crippen LogP contribution in [0.1, 0.15) is 35.7 Å². The molecule has 0 aromatic heterocycles. The molecule has 8 heteroatoms. The van der Waals surface area contributed by atoms with E-state index in [-0.39, 0.29) is 23.2 Å². The lowest BCUT2D eigenvalue weighted by molar-refractivity contribution is -0.115. The fraction of sp³-hybridized carbons (Fsp3) is 0.231. The van der Waals surface area contributed by atoms with E-state index < -0.39 is 10.0 Å². The summed E-state index contributed by atoms with van der Waals surface area (Å²) in [6.45, 7) is 2.41. The van der Waals surface area contributed by atoms with Gasteiger partial charge in [-0.05, 0) is 60.5 Å². The molecule has 3 aromatic carbocycles. The lowest BCUT2D eigenvalue weighted by Crippen LogP contribution is -2.26. The summed E-state index contributed by atoms with van der Waals surface area (Å²) >= 11 is 0. The van der Waals surface area contributed by atoms with Crippen LogP contribution >= 0.6 is 0 Å². The van der Waals surface area contributed by atoms with Gasteiger partial charge in [-0.2, -0.15) is 0 Å². The summed E-state index contributed by atoms with van der Waals surface area (Å²) in [7, 11) is -2.17. The van der Waals surface area contributed by atoms with Gasteiger partial charge in [-0.25, -0.2) is 13.2 Å². The first-order valence-corrected chi connectivity index (χ1v) is 12.4. The molecule has 7 nitrogen and oxygen atoms in total. The van der Waals surface area contributed by atoms with Gasteiger partial charge in [0.2, 0.25) is 5.91 Å². The molecule has 0 aliphatic rings. The summed E-state index contributed by atoms with van der Waals surface area (Å²) in [6, 6.07) is 21.5. The highest BCUT2D eigenvalue weighted by Crippen LogP contribution is 2.22. The van der Waals surface area contributed by atoms with Gasteiger partial charge >= 0.3 is 5.97 Å². The van der Waals surface area contributed by atoms with E-state index >= 15 is 0 Å². The molecular formula is C26H28N2O5S. The number of nitrogens with one attached hydrogen (secondary N) is 1. The van der Waals surface area contributed by atoms with Crippen molar-refractivity contribution in [2.45, 2.75) is 31.1 Å². The predicted octanol–water partition coefficient (Wildman–Crippen LogP) is 4.65. The fourth-order valence-corrected chi connectivity index (χ4v) is 4.40. The summed E-state index contributed by atoms with van der Waals surface area (Å²) < 4.78 is 31.9. The maximum atomic E-state index is 12.8. The molecular weight excluding hydrogens is 452 g/mol. The average molecular weight is 481 g/mol. The molecule has 0 heterocycles. The average Bonchev–Trinajstić information content (AvgIpc) is 2.85. The number of ether oxygens (including phenoxy) is 1.